The maximum Gasteiger partial charge on any atom is 0.419 e. The van der Waals surface area contributed by atoms with Gasteiger partial charge in [-0.2, -0.15) is 13.2 Å². The SMILES string of the molecule is CC[C@@H](CC(=O)c1cc(=O)[nH]c(C2CC2)n1)c1ccc(C(F)(F)F)c(F)c1. The highest BCUT2D eigenvalue weighted by molar-refractivity contribution is 5.94. The number of aromatic nitrogens is 2. The molecule has 1 heterocycles. The number of H-pyrrole nitrogens is 1. The van der Waals surface area contributed by atoms with Crippen LogP contribution in [0.1, 0.15) is 71.9 Å². The van der Waals surface area contributed by atoms with Gasteiger partial charge in [0.05, 0.1) is 5.56 Å². The minimum atomic E-state index is -4.77. The molecule has 0 spiro atoms. The van der Waals surface area contributed by atoms with Gasteiger partial charge >= 0.3 is 6.18 Å². The van der Waals surface area contributed by atoms with E-state index in [0.717, 1.165) is 25.0 Å². The van der Waals surface area contributed by atoms with Crippen LogP contribution in [0, 0.1) is 5.82 Å². The second-order valence-electron chi connectivity index (χ2n) is 6.76. The first-order valence-electron chi connectivity index (χ1n) is 8.70. The van der Waals surface area contributed by atoms with Crippen molar-refractivity contribution in [2.75, 3.05) is 0 Å². The number of aromatic amines is 1. The number of benzene rings is 1. The lowest BCUT2D eigenvalue weighted by Crippen LogP contribution is -2.17. The number of Topliss-reactive ketones (excluding diaryl/α,β-unsaturated/α-hetero) is 1. The Morgan fingerprint density at radius 1 is 1.30 bits per heavy atom. The summed E-state index contributed by atoms with van der Waals surface area (Å²) in [4.78, 5) is 31.1. The Morgan fingerprint density at radius 2 is 2.00 bits per heavy atom. The molecule has 0 aliphatic heterocycles. The molecule has 1 saturated carbocycles. The zero-order valence-corrected chi connectivity index (χ0v) is 14.6. The topological polar surface area (TPSA) is 62.8 Å². The number of ketones is 1. The third-order valence-electron chi connectivity index (χ3n) is 4.70. The first-order valence-corrected chi connectivity index (χ1v) is 8.70. The van der Waals surface area contributed by atoms with Crippen molar-refractivity contribution in [3.8, 4) is 0 Å². The molecule has 1 aromatic carbocycles. The zero-order chi connectivity index (χ0) is 19.8. The van der Waals surface area contributed by atoms with Crippen LogP contribution in [0.25, 0.3) is 0 Å². The molecular weight excluding hydrogens is 364 g/mol. The van der Waals surface area contributed by atoms with Crippen LogP contribution in [0.2, 0.25) is 0 Å². The number of hydrogen-bond acceptors (Lipinski definition) is 3. The molecule has 0 unspecified atom stereocenters. The van der Waals surface area contributed by atoms with E-state index in [1.807, 2.05) is 0 Å². The Balaban J connectivity index is 1.82. The molecule has 8 heteroatoms. The van der Waals surface area contributed by atoms with E-state index in [2.05, 4.69) is 9.97 Å². The van der Waals surface area contributed by atoms with E-state index < -0.39 is 34.8 Å². The smallest absolute Gasteiger partial charge is 0.310 e. The normalized spacial score (nSPS) is 15.6. The van der Waals surface area contributed by atoms with Gasteiger partial charge in [0.25, 0.3) is 5.56 Å². The molecule has 1 fully saturated rings. The van der Waals surface area contributed by atoms with Gasteiger partial charge in [0.1, 0.15) is 17.3 Å². The summed E-state index contributed by atoms with van der Waals surface area (Å²) in [6, 6.07) is 3.82. The van der Waals surface area contributed by atoms with Gasteiger partial charge in [-0.1, -0.05) is 13.0 Å². The fourth-order valence-corrected chi connectivity index (χ4v) is 3.01. The molecule has 1 aliphatic carbocycles. The second-order valence-corrected chi connectivity index (χ2v) is 6.76. The van der Waals surface area contributed by atoms with Gasteiger partial charge in [-0.15, -0.1) is 0 Å². The molecule has 0 bridgehead atoms. The third-order valence-corrected chi connectivity index (χ3v) is 4.70. The molecule has 0 radical (unpaired) electrons. The van der Waals surface area contributed by atoms with Gasteiger partial charge in [0, 0.05) is 18.4 Å². The summed E-state index contributed by atoms with van der Waals surface area (Å²) in [6.07, 6.45) is -2.60. The predicted molar refractivity (Wildman–Crippen MR) is 90.2 cm³/mol. The third kappa shape index (κ3) is 4.43. The van der Waals surface area contributed by atoms with Crippen molar-refractivity contribution < 1.29 is 22.4 Å². The summed E-state index contributed by atoms with van der Waals surface area (Å²) in [5, 5.41) is 0. The quantitative estimate of drug-likeness (QED) is 0.588. The maximum atomic E-state index is 13.8. The molecule has 0 saturated heterocycles. The van der Waals surface area contributed by atoms with Crippen molar-refractivity contribution in [3.63, 3.8) is 0 Å². The first kappa shape index (κ1) is 19.3. The number of alkyl halides is 3. The van der Waals surface area contributed by atoms with Crippen LogP contribution in [-0.4, -0.2) is 15.8 Å². The van der Waals surface area contributed by atoms with Crippen molar-refractivity contribution in [1.82, 2.24) is 9.97 Å². The lowest BCUT2D eigenvalue weighted by atomic mass is 9.90. The number of nitrogens with one attached hydrogen (secondary N) is 1. The van der Waals surface area contributed by atoms with E-state index in [1.54, 1.807) is 6.92 Å². The standard InChI is InChI=1S/C19H18F4N2O2/c1-2-10(12-5-6-13(14(20)7-12)19(21,22)23)8-16(26)15-9-17(27)25-18(24-15)11-3-4-11/h5-7,9-11H,2-4,8H2,1H3,(H,24,25,27)/t10-/m0/s1. The summed E-state index contributed by atoms with van der Waals surface area (Å²) in [6.45, 7) is 1.76. The number of carbonyl (C=O) groups excluding carboxylic acids is 1. The Morgan fingerprint density at radius 3 is 2.56 bits per heavy atom. The van der Waals surface area contributed by atoms with Crippen LogP contribution in [0.5, 0.6) is 0 Å². The summed E-state index contributed by atoms with van der Waals surface area (Å²) in [5.41, 5.74) is -1.41. The summed E-state index contributed by atoms with van der Waals surface area (Å²) < 4.78 is 52.0. The number of carbonyl (C=O) groups is 1. The monoisotopic (exact) mass is 382 g/mol. The van der Waals surface area contributed by atoms with Gasteiger partial charge in [-0.05, 0) is 42.9 Å². The van der Waals surface area contributed by atoms with E-state index in [0.29, 0.717) is 23.9 Å². The van der Waals surface area contributed by atoms with Gasteiger partial charge in [0.2, 0.25) is 0 Å². The number of halogens is 4. The van der Waals surface area contributed by atoms with Gasteiger partial charge in [-0.3, -0.25) is 9.59 Å². The molecule has 1 N–H and O–H groups in total. The molecule has 3 rings (SSSR count). The van der Waals surface area contributed by atoms with Crippen LogP contribution < -0.4 is 5.56 Å². The minimum Gasteiger partial charge on any atom is -0.310 e. The van der Waals surface area contributed by atoms with Gasteiger partial charge in [-0.25, -0.2) is 9.37 Å². The Labute approximate surface area is 152 Å². The van der Waals surface area contributed by atoms with Gasteiger partial charge < -0.3 is 4.98 Å². The van der Waals surface area contributed by atoms with E-state index in [9.17, 15) is 27.2 Å². The van der Waals surface area contributed by atoms with Crippen LogP contribution >= 0.6 is 0 Å². The van der Waals surface area contributed by atoms with E-state index >= 15 is 0 Å². The fourth-order valence-electron chi connectivity index (χ4n) is 3.01. The highest BCUT2D eigenvalue weighted by atomic mass is 19.4. The molecule has 27 heavy (non-hydrogen) atoms. The van der Waals surface area contributed by atoms with Crippen molar-refractivity contribution in [2.24, 2.45) is 0 Å². The van der Waals surface area contributed by atoms with Gasteiger partial charge in [0.15, 0.2) is 5.78 Å². The van der Waals surface area contributed by atoms with E-state index in [4.69, 9.17) is 0 Å². The Kier molecular flexibility index (Phi) is 5.17. The van der Waals surface area contributed by atoms with Crippen LogP contribution in [0.3, 0.4) is 0 Å². The molecule has 2 aromatic rings. The molecule has 1 aliphatic rings. The number of nitrogens with zero attached hydrogens (tertiary/aromatic N) is 1. The molecule has 144 valence electrons. The maximum absolute atomic E-state index is 13.8. The van der Waals surface area contributed by atoms with Crippen LogP contribution in [0.4, 0.5) is 17.6 Å². The highest BCUT2D eigenvalue weighted by Gasteiger charge is 2.34. The fraction of sp³-hybridized carbons (Fsp3) is 0.421. The predicted octanol–water partition coefficient (Wildman–Crippen LogP) is 4.57. The largest absolute Gasteiger partial charge is 0.419 e. The molecule has 0 amide bonds. The van der Waals surface area contributed by atoms with Crippen molar-refractivity contribution in [3.05, 3.63) is 63.1 Å². The highest BCUT2D eigenvalue weighted by Crippen LogP contribution is 2.38. The average molecular weight is 382 g/mol. The lowest BCUT2D eigenvalue weighted by Gasteiger charge is -2.16. The minimum absolute atomic E-state index is 0.0338. The lowest BCUT2D eigenvalue weighted by molar-refractivity contribution is -0.140. The number of hydrogen-bond donors (Lipinski definition) is 1. The van der Waals surface area contributed by atoms with Crippen molar-refractivity contribution in [1.29, 1.82) is 0 Å². The number of rotatable bonds is 6. The first-order chi connectivity index (χ1) is 12.7. The zero-order valence-electron chi connectivity index (χ0n) is 14.6. The summed E-state index contributed by atoms with van der Waals surface area (Å²) >= 11 is 0. The van der Waals surface area contributed by atoms with Crippen LogP contribution in [0.15, 0.2) is 29.1 Å². The van der Waals surface area contributed by atoms with E-state index in [1.165, 1.54) is 6.07 Å². The van der Waals surface area contributed by atoms with Crippen LogP contribution in [-0.2, 0) is 6.18 Å². The average Bonchev–Trinajstić information content (AvgIpc) is 3.42. The Bertz CT molecular complexity index is 917. The van der Waals surface area contributed by atoms with Crippen molar-refractivity contribution >= 4 is 5.78 Å². The summed E-state index contributed by atoms with van der Waals surface area (Å²) in [5.74, 6) is -1.58. The summed E-state index contributed by atoms with van der Waals surface area (Å²) in [7, 11) is 0. The van der Waals surface area contributed by atoms with Crippen molar-refractivity contribution in [2.45, 2.75) is 50.6 Å². The second kappa shape index (κ2) is 7.25. The molecular formula is C19H18F4N2O2. The van der Waals surface area contributed by atoms with E-state index in [-0.39, 0.29) is 18.0 Å². The molecule has 1 atom stereocenters. The molecule has 4 nitrogen and oxygen atoms in total. The Hall–Kier alpha value is -2.51. The molecule has 1 aromatic heterocycles.